The van der Waals surface area contributed by atoms with Gasteiger partial charge in [-0.25, -0.2) is 4.98 Å². The highest BCUT2D eigenvalue weighted by Gasteiger charge is 2.42. The van der Waals surface area contributed by atoms with E-state index in [0.29, 0.717) is 0 Å². The van der Waals surface area contributed by atoms with Crippen LogP contribution in [0, 0.1) is 0 Å². The molecule has 1 atom stereocenters. The second-order valence-corrected chi connectivity index (χ2v) is 17.3. The molecular formula is C53H35N2OP. The molecule has 0 saturated carbocycles. The molecule has 3 nitrogen and oxygen atoms in total. The molecule has 1 aliphatic heterocycles. The average molecular weight is 747 g/mol. The molecule has 8 aromatic carbocycles. The van der Waals surface area contributed by atoms with E-state index in [-0.39, 0.29) is 0 Å². The highest BCUT2D eigenvalue weighted by molar-refractivity contribution is 7.86. The van der Waals surface area contributed by atoms with Crippen LogP contribution in [-0.4, -0.2) is 9.55 Å². The van der Waals surface area contributed by atoms with Crippen molar-refractivity contribution in [1.82, 2.24) is 9.55 Å². The number of fused-ring (bicyclic) bond motifs is 7. The van der Waals surface area contributed by atoms with Crippen LogP contribution < -0.4 is 15.9 Å². The van der Waals surface area contributed by atoms with E-state index in [1.165, 1.54) is 11.1 Å². The normalized spacial score (nSPS) is 14.5. The van der Waals surface area contributed by atoms with Crippen molar-refractivity contribution in [3.8, 4) is 61.6 Å². The van der Waals surface area contributed by atoms with E-state index in [4.69, 9.17) is 4.98 Å². The van der Waals surface area contributed by atoms with Crippen LogP contribution in [0.25, 0.3) is 83.4 Å². The third kappa shape index (κ3) is 5.35. The molecule has 0 saturated heterocycles. The van der Waals surface area contributed by atoms with Crippen molar-refractivity contribution in [2.45, 2.75) is 0 Å². The zero-order valence-corrected chi connectivity index (χ0v) is 31.9. The molecule has 3 heterocycles. The summed E-state index contributed by atoms with van der Waals surface area (Å²) in [6, 6.07) is 74.0. The van der Waals surface area contributed by atoms with Gasteiger partial charge in [0.2, 0.25) is 0 Å². The molecule has 0 aliphatic carbocycles. The van der Waals surface area contributed by atoms with Crippen molar-refractivity contribution in [1.29, 1.82) is 0 Å². The standard InChI is InChI=1S/C53H35N2OP/c56-57(43-18-8-3-9-19-43)51-23-13-11-20-44(51)45-32-33-50-52(53(45)57)46-21-10-12-22-49(46)55(50)42-30-28-38(29-31-42)41-34-47(39-16-6-2-7-17-39)54-48(35-41)40-26-24-37(25-27-40)36-14-4-1-5-15-36/h1-35H. The summed E-state index contributed by atoms with van der Waals surface area (Å²) in [5.74, 6) is 0. The number of pyridine rings is 1. The number of rotatable bonds is 6. The van der Waals surface area contributed by atoms with Gasteiger partial charge in [-0.15, -0.1) is 0 Å². The molecule has 1 unspecified atom stereocenters. The third-order valence-electron chi connectivity index (χ3n) is 11.4. The number of para-hydroxylation sites is 1. The maximum atomic E-state index is 15.8. The van der Waals surface area contributed by atoms with Gasteiger partial charge in [0, 0.05) is 43.5 Å². The summed E-state index contributed by atoms with van der Waals surface area (Å²) in [6.45, 7) is 0. The van der Waals surface area contributed by atoms with Gasteiger partial charge in [-0.3, -0.25) is 0 Å². The van der Waals surface area contributed by atoms with Crippen LogP contribution in [-0.2, 0) is 4.57 Å². The molecule has 0 amide bonds. The highest BCUT2D eigenvalue weighted by atomic mass is 31.2. The largest absolute Gasteiger partial charge is 0.309 e. The fourth-order valence-electron chi connectivity index (χ4n) is 8.74. The van der Waals surface area contributed by atoms with Crippen LogP contribution in [0.3, 0.4) is 0 Å². The van der Waals surface area contributed by atoms with Gasteiger partial charge in [-0.1, -0.05) is 176 Å². The van der Waals surface area contributed by atoms with Gasteiger partial charge in [-0.05, 0) is 69.8 Å². The lowest BCUT2D eigenvalue weighted by Gasteiger charge is -2.17. The molecule has 0 spiro atoms. The van der Waals surface area contributed by atoms with E-state index in [2.05, 4.69) is 168 Å². The van der Waals surface area contributed by atoms with Crippen molar-refractivity contribution in [2.75, 3.05) is 0 Å². The van der Waals surface area contributed by atoms with E-state index in [9.17, 15) is 0 Å². The highest BCUT2D eigenvalue weighted by Crippen LogP contribution is 2.55. The van der Waals surface area contributed by atoms with E-state index in [1.807, 2.05) is 48.5 Å². The summed E-state index contributed by atoms with van der Waals surface area (Å²) in [5, 5.41) is 4.87. The summed E-state index contributed by atoms with van der Waals surface area (Å²) in [5.41, 5.74) is 13.9. The van der Waals surface area contributed by atoms with E-state index >= 15 is 4.57 Å². The summed E-state index contributed by atoms with van der Waals surface area (Å²) < 4.78 is 18.1. The fourth-order valence-corrected chi connectivity index (χ4v) is 12.0. The molecule has 1 aliphatic rings. The van der Waals surface area contributed by atoms with Crippen LogP contribution >= 0.6 is 7.14 Å². The molecule has 0 N–H and O–H groups in total. The van der Waals surface area contributed by atoms with Gasteiger partial charge in [0.1, 0.15) is 0 Å². The van der Waals surface area contributed by atoms with Gasteiger partial charge in [0.15, 0.2) is 7.14 Å². The third-order valence-corrected chi connectivity index (χ3v) is 14.6. The first-order valence-electron chi connectivity index (χ1n) is 19.3. The Hall–Kier alpha value is -7.06. The van der Waals surface area contributed by atoms with Crippen molar-refractivity contribution < 1.29 is 4.57 Å². The Bertz CT molecular complexity index is 3170. The Morgan fingerprint density at radius 1 is 0.404 bits per heavy atom. The Morgan fingerprint density at radius 2 is 0.930 bits per heavy atom. The Morgan fingerprint density at radius 3 is 1.65 bits per heavy atom. The number of hydrogen-bond acceptors (Lipinski definition) is 2. The quantitative estimate of drug-likeness (QED) is 0.159. The zero-order valence-electron chi connectivity index (χ0n) is 31.0. The van der Waals surface area contributed by atoms with Crippen molar-refractivity contribution in [3.05, 3.63) is 212 Å². The Balaban J connectivity index is 1.05. The SMILES string of the molecule is O=P1(c2ccccc2)c2ccccc2-c2ccc3c(c21)c1ccccc1n3-c1ccc(-c2cc(-c3ccccc3)nc(-c3ccc(-c4ccccc4)cc3)c2)cc1. The summed E-state index contributed by atoms with van der Waals surface area (Å²) in [6.07, 6.45) is 0. The molecule has 4 heteroatoms. The maximum absolute atomic E-state index is 15.8. The van der Waals surface area contributed by atoms with Gasteiger partial charge in [0.05, 0.1) is 22.4 Å². The second kappa shape index (κ2) is 13.3. The van der Waals surface area contributed by atoms with Crippen LogP contribution in [0.15, 0.2) is 212 Å². The molecule has 0 bridgehead atoms. The summed E-state index contributed by atoms with van der Waals surface area (Å²) in [7, 11) is -3.18. The maximum Gasteiger partial charge on any atom is 0.172 e. The van der Waals surface area contributed by atoms with Crippen molar-refractivity contribution in [2.24, 2.45) is 0 Å². The monoisotopic (exact) mass is 746 g/mol. The number of benzene rings is 8. The predicted octanol–water partition coefficient (Wildman–Crippen LogP) is 12.5. The Labute approximate surface area is 331 Å². The molecule has 10 aromatic rings. The predicted molar refractivity (Wildman–Crippen MR) is 239 cm³/mol. The molecule has 57 heavy (non-hydrogen) atoms. The minimum Gasteiger partial charge on any atom is -0.309 e. The summed E-state index contributed by atoms with van der Waals surface area (Å²) >= 11 is 0. The van der Waals surface area contributed by atoms with Crippen LogP contribution in [0.1, 0.15) is 0 Å². The lowest BCUT2D eigenvalue weighted by Crippen LogP contribution is -2.21. The first-order valence-corrected chi connectivity index (χ1v) is 21.0. The smallest absolute Gasteiger partial charge is 0.172 e. The number of aromatic nitrogens is 2. The van der Waals surface area contributed by atoms with Gasteiger partial charge >= 0.3 is 0 Å². The van der Waals surface area contributed by atoms with Gasteiger partial charge < -0.3 is 9.13 Å². The fraction of sp³-hybridized carbons (Fsp3) is 0. The van der Waals surface area contributed by atoms with E-state index < -0.39 is 7.14 Å². The lowest BCUT2D eigenvalue weighted by molar-refractivity contribution is 0.593. The summed E-state index contributed by atoms with van der Waals surface area (Å²) in [4.78, 5) is 5.18. The van der Waals surface area contributed by atoms with E-state index in [0.717, 1.165) is 88.2 Å². The first-order chi connectivity index (χ1) is 28.1. The van der Waals surface area contributed by atoms with Crippen LogP contribution in [0.4, 0.5) is 0 Å². The van der Waals surface area contributed by atoms with Crippen LogP contribution in [0.5, 0.6) is 0 Å². The molecule has 268 valence electrons. The zero-order chi connectivity index (χ0) is 37.9. The van der Waals surface area contributed by atoms with Crippen molar-refractivity contribution in [3.63, 3.8) is 0 Å². The minimum atomic E-state index is -3.18. The lowest BCUT2D eigenvalue weighted by atomic mass is 9.98. The average Bonchev–Trinajstić information content (AvgIpc) is 3.77. The molecule has 2 aromatic heterocycles. The molecule has 0 radical (unpaired) electrons. The van der Waals surface area contributed by atoms with Gasteiger partial charge in [-0.2, -0.15) is 0 Å². The topological polar surface area (TPSA) is 34.9 Å². The first kappa shape index (κ1) is 33.3. The number of nitrogens with zero attached hydrogens (tertiary/aromatic N) is 2. The molecule has 11 rings (SSSR count). The minimum absolute atomic E-state index is 0.864. The second-order valence-electron chi connectivity index (χ2n) is 14.7. The molecular weight excluding hydrogens is 712 g/mol. The van der Waals surface area contributed by atoms with Gasteiger partial charge in [0.25, 0.3) is 0 Å². The van der Waals surface area contributed by atoms with E-state index in [1.54, 1.807) is 0 Å². The molecule has 0 fully saturated rings. The Kier molecular flexibility index (Phi) is 7.77. The van der Waals surface area contributed by atoms with Crippen molar-refractivity contribution >= 4 is 44.9 Å². The number of hydrogen-bond donors (Lipinski definition) is 0. The van der Waals surface area contributed by atoms with Crippen LogP contribution in [0.2, 0.25) is 0 Å².